The van der Waals surface area contributed by atoms with E-state index >= 15 is 0 Å². The molecule has 5 rings (SSSR count). The van der Waals surface area contributed by atoms with Crippen LogP contribution in [0.25, 0.3) is 0 Å². The van der Waals surface area contributed by atoms with Crippen molar-refractivity contribution in [2.24, 2.45) is 4.99 Å². The summed E-state index contributed by atoms with van der Waals surface area (Å²) >= 11 is 4.37. The van der Waals surface area contributed by atoms with Crippen LogP contribution in [-0.2, 0) is 16.0 Å². The lowest BCUT2D eigenvalue weighted by Gasteiger charge is -2.25. The molecule has 1 saturated carbocycles. The molecule has 0 aromatic carbocycles. The number of nitrogens with one attached hydrogen (secondary N) is 2. The van der Waals surface area contributed by atoms with Gasteiger partial charge in [-0.15, -0.1) is 31.7 Å². The largest absolute Gasteiger partial charge is 0.366 e. The molecule has 1 aliphatic carbocycles. The van der Waals surface area contributed by atoms with Crippen LogP contribution in [0.15, 0.2) is 22.1 Å². The van der Waals surface area contributed by atoms with E-state index in [1.807, 2.05) is 49.4 Å². The number of aromatic nitrogens is 5. The number of carbonyl (C=O) groups is 2. The number of thiazole rings is 1. The van der Waals surface area contributed by atoms with Gasteiger partial charge in [-0.1, -0.05) is 35.2 Å². The standard InChI is InChI=1S/C25H32N10O2S3/c1-34(2)18-9-8-16(26-18)11-19(36)28-23-32-30-21(39-23)14-6-5-7-15(10-14)22-31-33-24(40-22)29-20(37)12-17-13-38-25(27-17)35(3)4/h8,13-15H,5-7,9-12H2,1-4H3,(H,28,32,36)(H,29,33,37)/t14-,15-/m0/s1. The lowest BCUT2D eigenvalue weighted by Crippen LogP contribution is -2.19. The molecule has 0 bridgehead atoms. The molecule has 2 amide bonds. The van der Waals surface area contributed by atoms with Gasteiger partial charge < -0.3 is 20.4 Å². The highest BCUT2D eigenvalue weighted by Gasteiger charge is 2.29. The molecule has 4 heterocycles. The maximum Gasteiger partial charge on any atom is 0.232 e. The lowest BCUT2D eigenvalue weighted by atomic mass is 9.82. The number of hydrogen-bond acceptors (Lipinski definition) is 13. The van der Waals surface area contributed by atoms with Gasteiger partial charge in [0.2, 0.25) is 22.1 Å². The summed E-state index contributed by atoms with van der Waals surface area (Å²) < 4.78 is 0. The smallest absolute Gasteiger partial charge is 0.232 e. The molecule has 3 aromatic heterocycles. The molecule has 2 N–H and O–H groups in total. The second-order valence-electron chi connectivity index (χ2n) is 10.2. The van der Waals surface area contributed by atoms with E-state index in [-0.39, 0.29) is 36.5 Å². The first-order valence-electron chi connectivity index (χ1n) is 13.1. The fourth-order valence-corrected chi connectivity index (χ4v) is 7.21. The molecule has 0 radical (unpaired) electrons. The average Bonchev–Trinajstić information content (AvgIpc) is 3.72. The Morgan fingerprint density at radius 3 is 2.08 bits per heavy atom. The van der Waals surface area contributed by atoms with E-state index in [1.54, 1.807) is 0 Å². The number of nitrogens with zero attached hydrogens (tertiary/aromatic N) is 8. The van der Waals surface area contributed by atoms with Crippen LogP contribution < -0.4 is 15.5 Å². The Kier molecular flexibility index (Phi) is 8.81. The maximum absolute atomic E-state index is 12.5. The minimum Gasteiger partial charge on any atom is -0.366 e. The summed E-state index contributed by atoms with van der Waals surface area (Å²) in [5, 5.41) is 28.6. The van der Waals surface area contributed by atoms with Gasteiger partial charge in [0.1, 0.15) is 15.9 Å². The number of aliphatic imine (C=N–C) groups is 1. The molecule has 1 aliphatic heterocycles. The second kappa shape index (κ2) is 12.5. The van der Waals surface area contributed by atoms with Crippen molar-refractivity contribution in [3.63, 3.8) is 0 Å². The van der Waals surface area contributed by atoms with Gasteiger partial charge in [0.05, 0.1) is 18.5 Å². The molecule has 1 fully saturated rings. The summed E-state index contributed by atoms with van der Waals surface area (Å²) in [6.45, 7) is 0. The fourth-order valence-electron chi connectivity index (χ4n) is 4.64. The third-order valence-electron chi connectivity index (χ3n) is 6.66. The van der Waals surface area contributed by atoms with Crippen LogP contribution in [0, 0.1) is 0 Å². The molecule has 212 valence electrons. The predicted octanol–water partition coefficient (Wildman–Crippen LogP) is 4.11. The normalized spacial score (nSPS) is 18.7. The topological polar surface area (TPSA) is 141 Å². The van der Waals surface area contributed by atoms with E-state index in [1.165, 1.54) is 34.0 Å². The number of rotatable bonds is 9. The first-order chi connectivity index (χ1) is 19.2. The molecule has 15 heteroatoms. The van der Waals surface area contributed by atoms with E-state index in [0.717, 1.165) is 64.5 Å². The Balaban J connectivity index is 1.13. The first kappa shape index (κ1) is 28.2. The van der Waals surface area contributed by atoms with E-state index in [4.69, 9.17) is 0 Å². The molecular formula is C25H32N10O2S3. The highest BCUT2D eigenvalue weighted by molar-refractivity contribution is 7.16. The van der Waals surface area contributed by atoms with Gasteiger partial charge >= 0.3 is 0 Å². The average molecular weight is 601 g/mol. The summed E-state index contributed by atoms with van der Waals surface area (Å²) in [6, 6.07) is 0. The number of anilines is 3. The molecule has 12 nitrogen and oxygen atoms in total. The van der Waals surface area contributed by atoms with Crippen LogP contribution in [0.4, 0.5) is 15.4 Å². The summed E-state index contributed by atoms with van der Waals surface area (Å²) in [5.41, 5.74) is 1.51. The van der Waals surface area contributed by atoms with Crippen LogP contribution in [-0.4, -0.2) is 76.1 Å². The second-order valence-corrected chi connectivity index (χ2v) is 13.1. The van der Waals surface area contributed by atoms with Gasteiger partial charge in [0.15, 0.2) is 5.13 Å². The molecule has 2 aliphatic rings. The van der Waals surface area contributed by atoms with Crippen LogP contribution in [0.5, 0.6) is 0 Å². The zero-order chi connectivity index (χ0) is 28.2. The van der Waals surface area contributed by atoms with Gasteiger partial charge in [-0.2, -0.15) is 0 Å². The maximum atomic E-state index is 12.5. The Morgan fingerprint density at radius 1 is 0.900 bits per heavy atom. The predicted molar refractivity (Wildman–Crippen MR) is 160 cm³/mol. The summed E-state index contributed by atoms with van der Waals surface area (Å²) in [5.74, 6) is 1.13. The molecule has 0 saturated heterocycles. The van der Waals surface area contributed by atoms with Crippen molar-refractivity contribution in [2.75, 3.05) is 43.7 Å². The Bertz CT molecular complexity index is 1420. The zero-order valence-electron chi connectivity index (χ0n) is 22.9. The van der Waals surface area contributed by atoms with Crippen LogP contribution in [0.2, 0.25) is 0 Å². The van der Waals surface area contributed by atoms with Crippen LogP contribution in [0.1, 0.15) is 66.1 Å². The number of carbonyl (C=O) groups excluding carboxylic acids is 2. The molecule has 40 heavy (non-hydrogen) atoms. The van der Waals surface area contributed by atoms with Crippen LogP contribution >= 0.6 is 34.0 Å². The zero-order valence-corrected chi connectivity index (χ0v) is 25.3. The minimum absolute atomic E-state index is 0.143. The Hall–Kier alpha value is -3.30. The molecule has 0 spiro atoms. The van der Waals surface area contributed by atoms with E-state index in [0.29, 0.717) is 10.3 Å². The fraction of sp³-hybridized carbons (Fsp3) is 0.520. The molecule has 0 unspecified atom stereocenters. The number of amidine groups is 1. The van der Waals surface area contributed by atoms with Crippen molar-refractivity contribution in [3.8, 4) is 0 Å². The van der Waals surface area contributed by atoms with Crippen molar-refractivity contribution >= 4 is 67.1 Å². The quantitative estimate of drug-likeness (QED) is 0.371. The van der Waals surface area contributed by atoms with Crippen molar-refractivity contribution in [1.29, 1.82) is 0 Å². The molecular weight excluding hydrogens is 569 g/mol. The van der Waals surface area contributed by atoms with Gasteiger partial charge in [0.25, 0.3) is 0 Å². The third-order valence-corrected chi connectivity index (χ3v) is 9.72. The van der Waals surface area contributed by atoms with E-state index < -0.39 is 0 Å². The number of amides is 2. The number of hydrogen-bond donors (Lipinski definition) is 2. The Labute approximate surface area is 244 Å². The van der Waals surface area contributed by atoms with Crippen molar-refractivity contribution in [3.05, 3.63) is 32.9 Å². The monoisotopic (exact) mass is 600 g/mol. The first-order valence-corrected chi connectivity index (χ1v) is 15.6. The molecule has 2 atom stereocenters. The Morgan fingerprint density at radius 2 is 1.52 bits per heavy atom. The van der Waals surface area contributed by atoms with E-state index in [9.17, 15) is 9.59 Å². The van der Waals surface area contributed by atoms with Gasteiger partial charge in [-0.05, 0) is 19.3 Å². The van der Waals surface area contributed by atoms with Crippen molar-refractivity contribution in [1.82, 2.24) is 30.3 Å². The summed E-state index contributed by atoms with van der Waals surface area (Å²) in [6.07, 6.45) is 7.08. The van der Waals surface area contributed by atoms with Gasteiger partial charge in [0, 0.05) is 57.5 Å². The van der Waals surface area contributed by atoms with Gasteiger partial charge in [-0.3, -0.25) is 9.59 Å². The van der Waals surface area contributed by atoms with Crippen LogP contribution in [0.3, 0.4) is 0 Å². The van der Waals surface area contributed by atoms with Crippen molar-refractivity contribution < 1.29 is 9.59 Å². The van der Waals surface area contributed by atoms with E-state index in [2.05, 4.69) is 41.0 Å². The third kappa shape index (κ3) is 7.06. The highest BCUT2D eigenvalue weighted by atomic mass is 32.1. The molecule has 3 aromatic rings. The van der Waals surface area contributed by atoms with Gasteiger partial charge in [-0.25, -0.2) is 9.98 Å². The highest BCUT2D eigenvalue weighted by Crippen LogP contribution is 2.43. The summed E-state index contributed by atoms with van der Waals surface area (Å²) in [4.78, 5) is 37.9. The lowest BCUT2D eigenvalue weighted by molar-refractivity contribution is -0.116. The minimum atomic E-state index is -0.155. The van der Waals surface area contributed by atoms with Crippen molar-refractivity contribution in [2.45, 2.75) is 56.8 Å². The SMILES string of the molecule is CN(C)C1=NC(CC(=O)Nc2nnc([C@H]3CCC[C@H](c4nnc(NC(=O)Cc5csc(N(C)C)n5)s4)C3)s2)=CC1. The summed E-state index contributed by atoms with van der Waals surface area (Å²) in [7, 11) is 7.75.